The van der Waals surface area contributed by atoms with Crippen LogP contribution in [0, 0.1) is 0 Å². The highest BCUT2D eigenvalue weighted by Crippen LogP contribution is 2.31. The SMILES string of the molecule is CCNC(=NCC1(N2CCCCC2)CCN(C)CC1)NC1CC=CC1. The average Bonchev–Trinajstić information content (AvgIpc) is 3.15. The Bertz CT molecular complexity index is 451. The fourth-order valence-electron chi connectivity index (χ4n) is 4.45. The molecule has 0 aromatic heterocycles. The number of piperidine rings is 2. The summed E-state index contributed by atoms with van der Waals surface area (Å²) in [6, 6.07) is 0.515. The molecule has 0 aromatic rings. The molecule has 0 aromatic carbocycles. The molecule has 0 bridgehead atoms. The largest absolute Gasteiger partial charge is 0.357 e. The third-order valence-electron chi connectivity index (χ3n) is 6.17. The predicted molar refractivity (Wildman–Crippen MR) is 106 cm³/mol. The minimum Gasteiger partial charge on any atom is -0.357 e. The molecular weight excluding hydrogens is 310 g/mol. The number of aliphatic imine (C=N–C) groups is 1. The van der Waals surface area contributed by atoms with Crippen LogP contribution in [0.4, 0.5) is 0 Å². The van der Waals surface area contributed by atoms with Crippen LogP contribution < -0.4 is 10.6 Å². The van der Waals surface area contributed by atoms with Crippen molar-refractivity contribution in [3.05, 3.63) is 12.2 Å². The molecule has 3 rings (SSSR count). The Balaban J connectivity index is 1.68. The van der Waals surface area contributed by atoms with Gasteiger partial charge in [-0.15, -0.1) is 0 Å². The smallest absolute Gasteiger partial charge is 0.191 e. The lowest BCUT2D eigenvalue weighted by atomic mass is 9.84. The van der Waals surface area contributed by atoms with Crippen LogP contribution in [0.3, 0.4) is 0 Å². The van der Waals surface area contributed by atoms with E-state index in [4.69, 9.17) is 4.99 Å². The van der Waals surface area contributed by atoms with Gasteiger partial charge in [-0.2, -0.15) is 0 Å². The Kier molecular flexibility index (Phi) is 6.77. The predicted octanol–water partition coefficient (Wildman–Crippen LogP) is 2.21. The molecular formula is C20H37N5. The highest BCUT2D eigenvalue weighted by Gasteiger charge is 2.39. The lowest BCUT2D eigenvalue weighted by Gasteiger charge is -2.49. The molecule has 1 aliphatic carbocycles. The van der Waals surface area contributed by atoms with E-state index >= 15 is 0 Å². The summed E-state index contributed by atoms with van der Waals surface area (Å²) in [5.74, 6) is 1.01. The highest BCUT2D eigenvalue weighted by molar-refractivity contribution is 5.80. The van der Waals surface area contributed by atoms with E-state index in [0.29, 0.717) is 6.04 Å². The van der Waals surface area contributed by atoms with Gasteiger partial charge in [0.1, 0.15) is 0 Å². The molecule has 2 heterocycles. The summed E-state index contributed by atoms with van der Waals surface area (Å²) in [4.78, 5) is 10.3. The summed E-state index contributed by atoms with van der Waals surface area (Å²) >= 11 is 0. The Labute approximate surface area is 153 Å². The van der Waals surface area contributed by atoms with Crippen LogP contribution in [-0.2, 0) is 0 Å². The van der Waals surface area contributed by atoms with Gasteiger partial charge in [-0.1, -0.05) is 18.6 Å². The topological polar surface area (TPSA) is 42.9 Å². The number of nitrogens with one attached hydrogen (secondary N) is 2. The number of guanidine groups is 1. The Morgan fingerprint density at radius 1 is 1.08 bits per heavy atom. The molecule has 5 nitrogen and oxygen atoms in total. The van der Waals surface area contributed by atoms with E-state index in [1.807, 2.05) is 0 Å². The molecule has 2 N–H and O–H groups in total. The fourth-order valence-corrected chi connectivity index (χ4v) is 4.45. The van der Waals surface area contributed by atoms with Gasteiger partial charge in [0.2, 0.25) is 0 Å². The lowest BCUT2D eigenvalue weighted by Crippen LogP contribution is -2.58. The van der Waals surface area contributed by atoms with E-state index in [9.17, 15) is 0 Å². The van der Waals surface area contributed by atoms with Gasteiger partial charge in [-0.05, 0) is 78.7 Å². The van der Waals surface area contributed by atoms with E-state index < -0.39 is 0 Å². The van der Waals surface area contributed by atoms with Crippen LogP contribution in [0.2, 0.25) is 0 Å². The first-order valence-electron chi connectivity index (χ1n) is 10.4. The molecule has 0 atom stereocenters. The molecule has 2 fully saturated rings. The number of nitrogens with zero attached hydrogens (tertiary/aromatic N) is 3. The highest BCUT2D eigenvalue weighted by atomic mass is 15.3. The molecule has 5 heteroatoms. The number of likely N-dealkylation sites (tertiary alicyclic amines) is 2. The second-order valence-corrected chi connectivity index (χ2v) is 8.05. The van der Waals surface area contributed by atoms with Crippen molar-refractivity contribution in [2.75, 3.05) is 46.3 Å². The zero-order valence-electron chi connectivity index (χ0n) is 16.3. The number of hydrogen-bond donors (Lipinski definition) is 2. The van der Waals surface area contributed by atoms with Crippen molar-refractivity contribution in [1.82, 2.24) is 20.4 Å². The van der Waals surface area contributed by atoms with Crippen LogP contribution in [0.15, 0.2) is 17.1 Å². The summed E-state index contributed by atoms with van der Waals surface area (Å²) < 4.78 is 0. The average molecular weight is 348 g/mol. The normalized spacial score (nSPS) is 26.1. The quantitative estimate of drug-likeness (QED) is 0.455. The van der Waals surface area contributed by atoms with Gasteiger partial charge in [-0.25, -0.2) is 0 Å². The Morgan fingerprint density at radius 3 is 2.40 bits per heavy atom. The second-order valence-electron chi connectivity index (χ2n) is 8.05. The molecule has 0 amide bonds. The Morgan fingerprint density at radius 2 is 1.76 bits per heavy atom. The number of rotatable bonds is 5. The van der Waals surface area contributed by atoms with Gasteiger partial charge in [-0.3, -0.25) is 9.89 Å². The molecule has 3 aliphatic rings. The van der Waals surface area contributed by atoms with Gasteiger partial charge in [0.15, 0.2) is 5.96 Å². The first kappa shape index (κ1) is 18.7. The molecule has 142 valence electrons. The molecule has 2 saturated heterocycles. The van der Waals surface area contributed by atoms with Crippen molar-refractivity contribution >= 4 is 5.96 Å². The lowest BCUT2D eigenvalue weighted by molar-refractivity contribution is 0.0208. The zero-order chi connectivity index (χ0) is 17.5. The maximum absolute atomic E-state index is 5.08. The zero-order valence-corrected chi connectivity index (χ0v) is 16.3. The summed E-state index contributed by atoms with van der Waals surface area (Å²) in [6.07, 6.45) is 13.4. The fraction of sp³-hybridized carbons (Fsp3) is 0.850. The molecule has 0 unspecified atom stereocenters. The van der Waals surface area contributed by atoms with Crippen LogP contribution >= 0.6 is 0 Å². The molecule has 0 saturated carbocycles. The van der Waals surface area contributed by atoms with E-state index in [0.717, 1.165) is 31.9 Å². The van der Waals surface area contributed by atoms with Gasteiger partial charge in [0, 0.05) is 18.1 Å². The van der Waals surface area contributed by atoms with Gasteiger partial charge in [0.05, 0.1) is 6.54 Å². The molecule has 25 heavy (non-hydrogen) atoms. The summed E-state index contributed by atoms with van der Waals surface area (Å²) in [5, 5.41) is 7.09. The van der Waals surface area contributed by atoms with E-state index in [1.165, 1.54) is 58.3 Å². The third kappa shape index (κ3) is 4.98. The molecule has 2 aliphatic heterocycles. The van der Waals surface area contributed by atoms with Crippen molar-refractivity contribution < 1.29 is 0 Å². The van der Waals surface area contributed by atoms with Crippen molar-refractivity contribution in [1.29, 1.82) is 0 Å². The molecule has 0 radical (unpaired) electrons. The van der Waals surface area contributed by atoms with Crippen LogP contribution in [0.5, 0.6) is 0 Å². The third-order valence-corrected chi connectivity index (χ3v) is 6.17. The first-order chi connectivity index (χ1) is 12.2. The number of hydrogen-bond acceptors (Lipinski definition) is 3. The van der Waals surface area contributed by atoms with E-state index in [-0.39, 0.29) is 5.54 Å². The minimum atomic E-state index is 0.267. The van der Waals surface area contributed by atoms with Gasteiger partial charge >= 0.3 is 0 Å². The van der Waals surface area contributed by atoms with Crippen molar-refractivity contribution in [3.8, 4) is 0 Å². The molecule has 0 spiro atoms. The second kappa shape index (κ2) is 9.04. The van der Waals surface area contributed by atoms with Crippen LogP contribution in [-0.4, -0.2) is 73.7 Å². The Hall–Kier alpha value is -1.07. The van der Waals surface area contributed by atoms with Crippen molar-refractivity contribution in [3.63, 3.8) is 0 Å². The van der Waals surface area contributed by atoms with Gasteiger partial charge in [0.25, 0.3) is 0 Å². The van der Waals surface area contributed by atoms with E-state index in [2.05, 4.69) is 46.6 Å². The van der Waals surface area contributed by atoms with Gasteiger partial charge < -0.3 is 15.5 Å². The maximum atomic E-state index is 5.08. The minimum absolute atomic E-state index is 0.267. The monoisotopic (exact) mass is 347 g/mol. The maximum Gasteiger partial charge on any atom is 0.191 e. The summed E-state index contributed by atoms with van der Waals surface area (Å²) in [7, 11) is 2.25. The van der Waals surface area contributed by atoms with Crippen molar-refractivity contribution in [2.45, 2.75) is 63.5 Å². The summed E-state index contributed by atoms with van der Waals surface area (Å²) in [6.45, 7) is 8.92. The first-order valence-corrected chi connectivity index (χ1v) is 10.4. The van der Waals surface area contributed by atoms with Crippen LogP contribution in [0.25, 0.3) is 0 Å². The standard InChI is InChI=1S/C20H37N5/c1-3-21-19(23-18-9-5-6-10-18)22-17-20(11-15-24(2)16-12-20)25-13-7-4-8-14-25/h5-6,18H,3-4,7-17H2,1-2H3,(H2,21,22,23). The summed E-state index contributed by atoms with van der Waals surface area (Å²) in [5.41, 5.74) is 0.267. The van der Waals surface area contributed by atoms with Crippen LogP contribution in [0.1, 0.15) is 51.9 Å². The van der Waals surface area contributed by atoms with E-state index in [1.54, 1.807) is 0 Å². The van der Waals surface area contributed by atoms with Crippen molar-refractivity contribution in [2.24, 2.45) is 4.99 Å².